The lowest BCUT2D eigenvalue weighted by molar-refractivity contribution is -0.253. The molecule has 6 nitrogen and oxygen atoms in total. The van der Waals surface area contributed by atoms with Crippen LogP contribution in [0.3, 0.4) is 0 Å². The third-order valence-electron chi connectivity index (χ3n) is 4.60. The summed E-state index contributed by atoms with van der Waals surface area (Å²) in [7, 11) is 0. The molecule has 5 atom stereocenters. The maximum absolute atomic E-state index is 6.23. The van der Waals surface area contributed by atoms with Gasteiger partial charge in [0.2, 0.25) is 0 Å². The van der Waals surface area contributed by atoms with Crippen LogP contribution in [-0.4, -0.2) is 55.0 Å². The molecule has 3 rings (SSSR count). The molecule has 0 unspecified atom stereocenters. The third kappa shape index (κ3) is 3.07. The molecule has 0 saturated carbocycles. The molecular weight excluding hydrogens is 312 g/mol. The van der Waals surface area contributed by atoms with Crippen LogP contribution in [0.15, 0.2) is 25.3 Å². The summed E-state index contributed by atoms with van der Waals surface area (Å²) in [6, 6.07) is 0. The quantitative estimate of drug-likeness (QED) is 0.693. The zero-order chi connectivity index (χ0) is 17.6. The molecule has 3 aliphatic heterocycles. The Morgan fingerprint density at radius 3 is 2.33 bits per heavy atom. The predicted molar refractivity (Wildman–Crippen MR) is 87.3 cm³/mol. The van der Waals surface area contributed by atoms with E-state index in [1.807, 2.05) is 33.8 Å². The van der Waals surface area contributed by atoms with Gasteiger partial charge in [-0.05, 0) is 34.1 Å². The minimum absolute atomic E-state index is 0.273. The van der Waals surface area contributed by atoms with Gasteiger partial charge in [-0.2, -0.15) is 0 Å². The lowest BCUT2D eigenvalue weighted by Gasteiger charge is -2.39. The monoisotopic (exact) mass is 340 g/mol. The van der Waals surface area contributed by atoms with Crippen molar-refractivity contribution in [1.29, 1.82) is 0 Å². The second-order valence-electron chi connectivity index (χ2n) is 7.40. The standard InChI is InChI=1S/C18H28O6/c1-7-9-18(19-10-8-2)13(12-11-20-16(3,4)22-12)21-15-14(18)23-17(5,6)24-15/h7-8,12-15H,1-2,9-11H2,3-6H3/t12-,13-,14+,15-,18-/m1/s1. The number of ether oxygens (including phenoxy) is 6. The van der Waals surface area contributed by atoms with Crippen LogP contribution in [0.25, 0.3) is 0 Å². The second-order valence-corrected chi connectivity index (χ2v) is 7.40. The number of hydrogen-bond acceptors (Lipinski definition) is 6. The van der Waals surface area contributed by atoms with E-state index in [9.17, 15) is 0 Å². The van der Waals surface area contributed by atoms with E-state index in [0.717, 1.165) is 0 Å². The van der Waals surface area contributed by atoms with Crippen LogP contribution in [0.2, 0.25) is 0 Å². The van der Waals surface area contributed by atoms with E-state index < -0.39 is 23.5 Å². The number of hydrogen-bond donors (Lipinski definition) is 0. The normalized spacial score (nSPS) is 42.8. The maximum atomic E-state index is 6.23. The van der Waals surface area contributed by atoms with E-state index in [1.165, 1.54) is 0 Å². The second kappa shape index (κ2) is 6.20. The van der Waals surface area contributed by atoms with E-state index in [1.54, 1.807) is 6.08 Å². The van der Waals surface area contributed by atoms with Gasteiger partial charge in [0.15, 0.2) is 17.9 Å². The van der Waals surface area contributed by atoms with Crippen LogP contribution < -0.4 is 0 Å². The summed E-state index contributed by atoms with van der Waals surface area (Å²) in [4.78, 5) is 0. The van der Waals surface area contributed by atoms with Gasteiger partial charge in [-0.25, -0.2) is 0 Å². The maximum Gasteiger partial charge on any atom is 0.190 e. The van der Waals surface area contributed by atoms with Crippen molar-refractivity contribution in [2.45, 2.75) is 75.9 Å². The summed E-state index contributed by atoms with van der Waals surface area (Å²) in [6.07, 6.45) is 2.54. The van der Waals surface area contributed by atoms with E-state index >= 15 is 0 Å². The first-order valence-corrected chi connectivity index (χ1v) is 8.42. The minimum atomic E-state index is -0.761. The molecule has 0 amide bonds. The Bertz CT molecular complexity index is 502. The zero-order valence-corrected chi connectivity index (χ0v) is 14.9. The van der Waals surface area contributed by atoms with Crippen molar-refractivity contribution in [3.05, 3.63) is 25.3 Å². The molecule has 0 N–H and O–H groups in total. The van der Waals surface area contributed by atoms with Gasteiger partial charge in [0.05, 0.1) is 13.2 Å². The molecule has 0 aromatic heterocycles. The van der Waals surface area contributed by atoms with Gasteiger partial charge in [-0.15, -0.1) is 13.2 Å². The van der Waals surface area contributed by atoms with E-state index in [4.69, 9.17) is 28.4 Å². The van der Waals surface area contributed by atoms with Crippen molar-refractivity contribution < 1.29 is 28.4 Å². The molecule has 0 spiro atoms. The highest BCUT2D eigenvalue weighted by Gasteiger charge is 2.66. The minimum Gasteiger partial charge on any atom is -0.365 e. The topological polar surface area (TPSA) is 55.4 Å². The van der Waals surface area contributed by atoms with E-state index in [-0.39, 0.29) is 18.3 Å². The Hall–Kier alpha value is -0.760. The molecule has 24 heavy (non-hydrogen) atoms. The molecular formula is C18H28O6. The highest BCUT2D eigenvalue weighted by Crippen LogP contribution is 2.49. The van der Waals surface area contributed by atoms with Gasteiger partial charge < -0.3 is 28.4 Å². The zero-order valence-electron chi connectivity index (χ0n) is 14.9. The molecule has 6 heteroatoms. The Balaban J connectivity index is 1.92. The van der Waals surface area contributed by atoms with Crippen molar-refractivity contribution in [2.75, 3.05) is 13.2 Å². The average Bonchev–Trinajstić information content (AvgIpc) is 3.07. The first-order valence-electron chi connectivity index (χ1n) is 8.42. The molecule has 3 saturated heterocycles. The number of fused-ring (bicyclic) bond motifs is 1. The van der Waals surface area contributed by atoms with Gasteiger partial charge in [-0.1, -0.05) is 12.2 Å². The smallest absolute Gasteiger partial charge is 0.190 e. The first-order chi connectivity index (χ1) is 11.2. The number of rotatable bonds is 6. The summed E-state index contributed by atoms with van der Waals surface area (Å²) in [6.45, 7) is 16.0. The van der Waals surface area contributed by atoms with Crippen molar-refractivity contribution in [3.8, 4) is 0 Å². The molecule has 0 bridgehead atoms. The highest BCUT2D eigenvalue weighted by molar-refractivity contribution is 5.12. The molecule has 136 valence electrons. The van der Waals surface area contributed by atoms with Crippen LogP contribution in [0.5, 0.6) is 0 Å². The molecule has 0 radical (unpaired) electrons. The lowest BCUT2D eigenvalue weighted by Crippen LogP contribution is -2.55. The Labute approximate surface area is 143 Å². The fourth-order valence-corrected chi connectivity index (χ4v) is 3.74. The molecule has 3 fully saturated rings. The Kier molecular flexibility index (Phi) is 4.66. The van der Waals surface area contributed by atoms with Crippen molar-refractivity contribution in [1.82, 2.24) is 0 Å². The Morgan fingerprint density at radius 2 is 1.75 bits per heavy atom. The van der Waals surface area contributed by atoms with Gasteiger partial charge in [0, 0.05) is 0 Å². The van der Waals surface area contributed by atoms with Crippen LogP contribution in [0, 0.1) is 0 Å². The first kappa shape index (κ1) is 18.0. The Morgan fingerprint density at radius 1 is 1.00 bits per heavy atom. The van der Waals surface area contributed by atoms with Gasteiger partial charge in [-0.3, -0.25) is 0 Å². The molecule has 3 heterocycles. The fourth-order valence-electron chi connectivity index (χ4n) is 3.74. The molecule has 0 aromatic rings. The van der Waals surface area contributed by atoms with Crippen molar-refractivity contribution >= 4 is 0 Å². The summed E-state index contributed by atoms with van der Waals surface area (Å²) in [5.74, 6) is -1.37. The fraction of sp³-hybridized carbons (Fsp3) is 0.778. The molecule has 3 aliphatic rings. The van der Waals surface area contributed by atoms with Crippen LogP contribution in [-0.2, 0) is 28.4 Å². The summed E-state index contributed by atoms with van der Waals surface area (Å²) < 4.78 is 36.2. The van der Waals surface area contributed by atoms with Crippen LogP contribution in [0.4, 0.5) is 0 Å². The summed E-state index contributed by atoms with van der Waals surface area (Å²) in [5.41, 5.74) is -0.761. The van der Waals surface area contributed by atoms with Crippen LogP contribution >= 0.6 is 0 Å². The third-order valence-corrected chi connectivity index (χ3v) is 4.60. The molecule has 0 aromatic carbocycles. The summed E-state index contributed by atoms with van der Waals surface area (Å²) in [5, 5.41) is 0. The van der Waals surface area contributed by atoms with Gasteiger partial charge >= 0.3 is 0 Å². The molecule has 0 aliphatic carbocycles. The average molecular weight is 340 g/mol. The highest BCUT2D eigenvalue weighted by atomic mass is 16.9. The SMILES string of the molecule is C=CCO[C@]1(CC=C)[C@@H]([C@H]2COC(C)(C)O2)O[C@@H]2OC(C)(C)O[C@@H]21. The van der Waals surface area contributed by atoms with Crippen LogP contribution in [0.1, 0.15) is 34.1 Å². The summed E-state index contributed by atoms with van der Waals surface area (Å²) >= 11 is 0. The van der Waals surface area contributed by atoms with Gasteiger partial charge in [0.25, 0.3) is 0 Å². The predicted octanol–water partition coefficient (Wildman–Crippen LogP) is 2.53. The largest absolute Gasteiger partial charge is 0.365 e. The van der Waals surface area contributed by atoms with E-state index in [0.29, 0.717) is 19.6 Å². The van der Waals surface area contributed by atoms with Crippen molar-refractivity contribution in [2.24, 2.45) is 0 Å². The van der Waals surface area contributed by atoms with E-state index in [2.05, 4.69) is 13.2 Å². The van der Waals surface area contributed by atoms with Crippen molar-refractivity contribution in [3.63, 3.8) is 0 Å². The lowest BCUT2D eigenvalue weighted by atomic mass is 9.85. The van der Waals surface area contributed by atoms with Gasteiger partial charge in [0.1, 0.15) is 23.9 Å².